The fourth-order valence-electron chi connectivity index (χ4n) is 3.12. The number of esters is 1. The van der Waals surface area contributed by atoms with Gasteiger partial charge in [-0.2, -0.15) is 0 Å². The van der Waals surface area contributed by atoms with Crippen LogP contribution in [0.2, 0.25) is 0 Å². The van der Waals surface area contributed by atoms with Crippen molar-refractivity contribution < 1.29 is 23.8 Å². The zero-order valence-corrected chi connectivity index (χ0v) is 11.8. The lowest BCUT2D eigenvalue weighted by Gasteiger charge is -2.11. The number of hydrogen-bond donors (Lipinski definition) is 0. The Morgan fingerprint density at radius 1 is 1.18 bits per heavy atom. The SMILES string of the molecule is O=C1OCC(COC(=O)c2ccc3c4c(cccc24)CC3)O1. The van der Waals surface area contributed by atoms with Gasteiger partial charge in [-0.3, -0.25) is 0 Å². The highest BCUT2D eigenvalue weighted by atomic mass is 16.8. The average molecular weight is 298 g/mol. The van der Waals surface area contributed by atoms with Crippen molar-refractivity contribution in [3.8, 4) is 0 Å². The van der Waals surface area contributed by atoms with Crippen LogP contribution in [-0.2, 0) is 27.1 Å². The van der Waals surface area contributed by atoms with E-state index in [0.717, 1.165) is 18.2 Å². The highest BCUT2D eigenvalue weighted by molar-refractivity contribution is 6.07. The maximum Gasteiger partial charge on any atom is 0.508 e. The van der Waals surface area contributed by atoms with Crippen LogP contribution in [0.25, 0.3) is 10.8 Å². The molecule has 1 saturated heterocycles. The lowest BCUT2D eigenvalue weighted by atomic mass is 10.00. The highest BCUT2D eigenvalue weighted by Gasteiger charge is 2.27. The Bertz CT molecular complexity index is 770. The second-order valence-corrected chi connectivity index (χ2v) is 5.51. The first-order valence-electron chi connectivity index (χ1n) is 7.26. The second-order valence-electron chi connectivity index (χ2n) is 5.51. The van der Waals surface area contributed by atoms with Crippen molar-refractivity contribution in [2.75, 3.05) is 13.2 Å². The van der Waals surface area contributed by atoms with E-state index in [1.165, 1.54) is 16.5 Å². The molecule has 0 radical (unpaired) electrons. The van der Waals surface area contributed by atoms with E-state index in [1.54, 1.807) is 0 Å². The molecular formula is C17H14O5. The van der Waals surface area contributed by atoms with Crippen molar-refractivity contribution in [2.45, 2.75) is 18.9 Å². The minimum Gasteiger partial charge on any atom is -0.458 e. The minimum absolute atomic E-state index is 0.00745. The third-order valence-corrected chi connectivity index (χ3v) is 4.15. The summed E-state index contributed by atoms with van der Waals surface area (Å²) >= 11 is 0. The summed E-state index contributed by atoms with van der Waals surface area (Å²) in [6.07, 6.45) is 0.792. The fourth-order valence-corrected chi connectivity index (χ4v) is 3.12. The van der Waals surface area contributed by atoms with Crippen LogP contribution in [0.15, 0.2) is 30.3 Å². The lowest BCUT2D eigenvalue weighted by Crippen LogP contribution is -2.21. The molecule has 5 heteroatoms. The lowest BCUT2D eigenvalue weighted by molar-refractivity contribution is 0.0302. The van der Waals surface area contributed by atoms with E-state index in [4.69, 9.17) is 9.47 Å². The first kappa shape index (κ1) is 13.1. The van der Waals surface area contributed by atoms with Crippen LogP contribution >= 0.6 is 0 Å². The van der Waals surface area contributed by atoms with E-state index >= 15 is 0 Å². The van der Waals surface area contributed by atoms with E-state index in [0.29, 0.717) is 5.56 Å². The number of carbonyl (C=O) groups is 2. The predicted molar refractivity (Wildman–Crippen MR) is 77.9 cm³/mol. The molecule has 22 heavy (non-hydrogen) atoms. The van der Waals surface area contributed by atoms with Crippen LogP contribution in [0.1, 0.15) is 21.5 Å². The van der Waals surface area contributed by atoms with Crippen molar-refractivity contribution in [3.05, 3.63) is 47.0 Å². The third-order valence-electron chi connectivity index (χ3n) is 4.15. The number of aryl methyl sites for hydroxylation is 2. The first-order chi connectivity index (χ1) is 10.7. The molecular weight excluding hydrogens is 284 g/mol. The first-order valence-corrected chi connectivity index (χ1v) is 7.26. The van der Waals surface area contributed by atoms with Gasteiger partial charge in [-0.05, 0) is 40.8 Å². The number of cyclic esters (lactones) is 2. The van der Waals surface area contributed by atoms with Gasteiger partial charge in [-0.1, -0.05) is 24.3 Å². The summed E-state index contributed by atoms with van der Waals surface area (Å²) in [4.78, 5) is 23.2. The van der Waals surface area contributed by atoms with Crippen molar-refractivity contribution >= 4 is 22.9 Å². The minimum atomic E-state index is -0.716. The Morgan fingerprint density at radius 3 is 2.77 bits per heavy atom. The summed E-state index contributed by atoms with van der Waals surface area (Å²) in [7, 11) is 0. The van der Waals surface area contributed by atoms with Gasteiger partial charge < -0.3 is 14.2 Å². The van der Waals surface area contributed by atoms with Gasteiger partial charge in [0.05, 0.1) is 5.56 Å². The van der Waals surface area contributed by atoms with Crippen LogP contribution < -0.4 is 0 Å². The molecule has 1 aliphatic carbocycles. The van der Waals surface area contributed by atoms with E-state index in [2.05, 4.69) is 10.8 Å². The molecule has 112 valence electrons. The topological polar surface area (TPSA) is 61.8 Å². The molecule has 0 saturated carbocycles. The van der Waals surface area contributed by atoms with Crippen LogP contribution in [0.3, 0.4) is 0 Å². The van der Waals surface area contributed by atoms with Crippen molar-refractivity contribution in [3.63, 3.8) is 0 Å². The van der Waals surface area contributed by atoms with Crippen molar-refractivity contribution in [1.29, 1.82) is 0 Å². The predicted octanol–water partition coefficient (Wildman–Crippen LogP) is 2.63. The van der Waals surface area contributed by atoms with Gasteiger partial charge in [0.25, 0.3) is 0 Å². The van der Waals surface area contributed by atoms with Crippen LogP contribution in [-0.4, -0.2) is 31.4 Å². The van der Waals surface area contributed by atoms with Gasteiger partial charge in [-0.15, -0.1) is 0 Å². The monoisotopic (exact) mass is 298 g/mol. The molecule has 2 aliphatic rings. The summed E-state index contributed by atoms with van der Waals surface area (Å²) < 4.78 is 14.8. The molecule has 4 rings (SSSR count). The van der Waals surface area contributed by atoms with Gasteiger partial charge in [0.2, 0.25) is 0 Å². The molecule has 1 unspecified atom stereocenters. The molecule has 0 N–H and O–H groups in total. The molecule has 2 aromatic carbocycles. The van der Waals surface area contributed by atoms with Crippen LogP contribution in [0.4, 0.5) is 4.79 Å². The molecule has 1 heterocycles. The van der Waals surface area contributed by atoms with E-state index in [-0.39, 0.29) is 13.2 Å². The molecule has 0 amide bonds. The second kappa shape index (κ2) is 5.02. The molecule has 2 aromatic rings. The smallest absolute Gasteiger partial charge is 0.458 e. The van der Waals surface area contributed by atoms with E-state index in [1.807, 2.05) is 24.3 Å². The Morgan fingerprint density at radius 2 is 2.00 bits per heavy atom. The number of benzene rings is 2. The average Bonchev–Trinajstić information content (AvgIpc) is 3.13. The van der Waals surface area contributed by atoms with Gasteiger partial charge in [0.15, 0.2) is 6.10 Å². The molecule has 1 fully saturated rings. The van der Waals surface area contributed by atoms with Crippen LogP contribution in [0.5, 0.6) is 0 Å². The summed E-state index contributed by atoms with van der Waals surface area (Å²) in [6, 6.07) is 9.82. The normalized spacial score (nSPS) is 19.1. The zero-order chi connectivity index (χ0) is 15.1. The summed E-state index contributed by atoms with van der Waals surface area (Å²) in [5, 5.41) is 2.10. The molecule has 0 spiro atoms. The van der Waals surface area contributed by atoms with Gasteiger partial charge in [0, 0.05) is 0 Å². The largest absolute Gasteiger partial charge is 0.508 e. The number of carbonyl (C=O) groups excluding carboxylic acids is 2. The molecule has 0 aromatic heterocycles. The molecule has 0 bridgehead atoms. The maximum absolute atomic E-state index is 12.3. The summed E-state index contributed by atoms with van der Waals surface area (Å²) in [5.41, 5.74) is 3.10. The molecule has 1 aliphatic heterocycles. The Kier molecular flexibility index (Phi) is 2.99. The summed E-state index contributed by atoms with van der Waals surface area (Å²) in [5.74, 6) is -0.404. The fraction of sp³-hybridized carbons (Fsp3) is 0.294. The van der Waals surface area contributed by atoms with Crippen LogP contribution in [0, 0.1) is 0 Å². The Balaban J connectivity index is 1.59. The zero-order valence-electron chi connectivity index (χ0n) is 11.8. The van der Waals surface area contributed by atoms with Gasteiger partial charge in [0.1, 0.15) is 13.2 Å². The standard InChI is InChI=1S/C17H14O5/c18-16(20-8-12-9-21-17(19)22-12)14-7-6-11-5-4-10-2-1-3-13(14)15(10)11/h1-3,6-7,12H,4-5,8-9H2. The third kappa shape index (κ3) is 2.09. The molecule has 5 nitrogen and oxygen atoms in total. The van der Waals surface area contributed by atoms with E-state index < -0.39 is 18.2 Å². The maximum atomic E-state index is 12.3. The van der Waals surface area contributed by atoms with Crippen molar-refractivity contribution in [2.24, 2.45) is 0 Å². The number of ether oxygens (including phenoxy) is 3. The number of hydrogen-bond acceptors (Lipinski definition) is 5. The quantitative estimate of drug-likeness (QED) is 0.815. The van der Waals surface area contributed by atoms with Crippen molar-refractivity contribution in [1.82, 2.24) is 0 Å². The summed E-state index contributed by atoms with van der Waals surface area (Å²) in [6.45, 7) is 0.128. The Hall–Kier alpha value is -2.56. The highest BCUT2D eigenvalue weighted by Crippen LogP contribution is 2.33. The Labute approximate surface area is 126 Å². The van der Waals surface area contributed by atoms with Gasteiger partial charge >= 0.3 is 12.1 Å². The molecule has 1 atom stereocenters. The van der Waals surface area contributed by atoms with Gasteiger partial charge in [-0.25, -0.2) is 9.59 Å². The number of rotatable bonds is 3. The van der Waals surface area contributed by atoms with E-state index in [9.17, 15) is 9.59 Å².